The molecule has 0 aliphatic carbocycles. The average molecular weight is 478 g/mol. The Hall–Kier alpha value is -4.00. The van der Waals surface area contributed by atoms with Gasteiger partial charge in [0.2, 0.25) is 0 Å². The third-order valence-electron chi connectivity index (χ3n) is 4.82. The Morgan fingerprint density at radius 1 is 1.09 bits per heavy atom. The van der Waals surface area contributed by atoms with Crippen molar-refractivity contribution in [3.05, 3.63) is 59.8 Å². The molecule has 172 valence electrons. The number of hydrogen-bond acceptors (Lipinski definition) is 8. The molecule has 0 saturated carbocycles. The van der Waals surface area contributed by atoms with Crippen LogP contribution in [0.1, 0.15) is 5.56 Å². The highest BCUT2D eigenvalue weighted by molar-refractivity contribution is 7.94. The van der Waals surface area contributed by atoms with Crippen LogP contribution in [-0.4, -0.2) is 43.7 Å². The first-order valence-electron chi connectivity index (χ1n) is 9.26. The number of rotatable bonds is 5. The van der Waals surface area contributed by atoms with Crippen LogP contribution in [0.3, 0.4) is 0 Å². The van der Waals surface area contributed by atoms with Crippen molar-refractivity contribution in [2.45, 2.75) is 11.4 Å². The molecule has 0 unspecified atom stereocenters. The number of fused-ring (bicyclic) bond motifs is 1. The Balaban J connectivity index is 1.88. The molecule has 2 aromatic heterocycles. The molecule has 13 heteroatoms. The van der Waals surface area contributed by atoms with Gasteiger partial charge in [-0.3, -0.25) is 4.90 Å². The second kappa shape index (κ2) is 8.16. The fourth-order valence-corrected chi connectivity index (χ4v) is 4.74. The van der Waals surface area contributed by atoms with Crippen LogP contribution in [0.25, 0.3) is 0 Å². The third-order valence-corrected chi connectivity index (χ3v) is 6.52. The van der Waals surface area contributed by atoms with Gasteiger partial charge in [-0.1, -0.05) is 0 Å². The van der Waals surface area contributed by atoms with Crippen LogP contribution in [0.15, 0.2) is 47.5 Å². The summed E-state index contributed by atoms with van der Waals surface area (Å²) in [5.41, 5.74) is -0.503. The quantitative estimate of drug-likeness (QED) is 0.594. The number of nitrogens with zero attached hydrogens (tertiary/aromatic N) is 4. The minimum Gasteiger partial charge on any atom is -0.503 e. The van der Waals surface area contributed by atoms with E-state index in [1.165, 1.54) is 32.5 Å². The molecule has 1 N–H and O–H groups in total. The van der Waals surface area contributed by atoms with E-state index < -0.39 is 45.6 Å². The van der Waals surface area contributed by atoms with Gasteiger partial charge in [0.05, 0.1) is 20.8 Å². The Bertz CT molecular complexity index is 1350. The van der Waals surface area contributed by atoms with E-state index in [1.807, 2.05) is 0 Å². The summed E-state index contributed by atoms with van der Waals surface area (Å²) >= 11 is 0. The normalized spacial score (nSPS) is 14.7. The largest absolute Gasteiger partial charge is 0.503 e. The number of aromatic nitrogens is 2. The highest BCUT2D eigenvalue weighted by atomic mass is 32.2. The molecule has 0 spiro atoms. The van der Waals surface area contributed by atoms with E-state index in [4.69, 9.17) is 9.47 Å². The lowest BCUT2D eigenvalue weighted by atomic mass is 10.1. The van der Waals surface area contributed by atoms with Gasteiger partial charge < -0.3 is 14.6 Å². The van der Waals surface area contributed by atoms with Gasteiger partial charge in [0.1, 0.15) is 22.3 Å². The third kappa shape index (κ3) is 3.65. The molecule has 0 bridgehead atoms. The molecule has 33 heavy (non-hydrogen) atoms. The molecule has 1 aliphatic rings. The van der Waals surface area contributed by atoms with Crippen molar-refractivity contribution in [1.29, 1.82) is 0 Å². The molecule has 1 aromatic carbocycles. The number of amides is 2. The van der Waals surface area contributed by atoms with Crippen molar-refractivity contribution in [3.63, 3.8) is 0 Å². The number of urea groups is 1. The number of sulfonamides is 1. The number of hydrogen-bond donors (Lipinski definition) is 1. The lowest BCUT2D eigenvalue weighted by Gasteiger charge is -2.34. The number of anilines is 2. The van der Waals surface area contributed by atoms with E-state index in [9.17, 15) is 27.1 Å². The van der Waals surface area contributed by atoms with Crippen molar-refractivity contribution < 1.29 is 36.6 Å². The van der Waals surface area contributed by atoms with Gasteiger partial charge in [0.15, 0.2) is 17.4 Å². The number of benzene rings is 1. The van der Waals surface area contributed by atoms with Crippen LogP contribution in [-0.2, 0) is 16.6 Å². The van der Waals surface area contributed by atoms with E-state index >= 15 is 0 Å². The number of carbonyl (C=O) groups excluding carboxylic acids is 1. The molecular weight excluding hydrogens is 462 g/mol. The van der Waals surface area contributed by atoms with Crippen LogP contribution in [0.2, 0.25) is 0 Å². The fraction of sp³-hybridized carbons (Fsp3) is 0.150. The van der Waals surface area contributed by atoms with Crippen LogP contribution in [0.4, 0.5) is 25.2 Å². The summed E-state index contributed by atoms with van der Waals surface area (Å²) in [7, 11) is -2.07. The van der Waals surface area contributed by atoms with Gasteiger partial charge >= 0.3 is 6.03 Å². The molecule has 3 aromatic rings. The van der Waals surface area contributed by atoms with Gasteiger partial charge in [-0.2, -0.15) is 9.29 Å². The Morgan fingerprint density at radius 2 is 1.79 bits per heavy atom. The second-order valence-electron chi connectivity index (χ2n) is 6.73. The monoisotopic (exact) mass is 478 g/mol. The van der Waals surface area contributed by atoms with Crippen molar-refractivity contribution in [2.75, 3.05) is 23.4 Å². The maximum Gasteiger partial charge on any atom is 0.346 e. The zero-order chi connectivity index (χ0) is 23.9. The molecular formula is C20H16F2N4O6S. The standard InChI is InChI=1S/C20H16F2N4O6S/c1-31-11-8-13(21)12(14(22)9-11)10-25-18-16(4-3-7-23-18)33(29,30)26(20(25)28)17-6-5-15(27)19(24-17)32-2/h3-9,27H,10H2,1-2H3. The number of methoxy groups -OCH3 is 2. The minimum atomic E-state index is -4.51. The Morgan fingerprint density at radius 3 is 2.42 bits per heavy atom. The maximum atomic E-state index is 14.6. The summed E-state index contributed by atoms with van der Waals surface area (Å²) in [4.78, 5) is 21.6. The molecule has 1 aliphatic heterocycles. The zero-order valence-corrected chi connectivity index (χ0v) is 18.0. The predicted molar refractivity (Wildman–Crippen MR) is 111 cm³/mol. The number of aromatic hydroxyl groups is 1. The molecule has 0 atom stereocenters. The van der Waals surface area contributed by atoms with Crippen LogP contribution in [0.5, 0.6) is 17.4 Å². The SMILES string of the molecule is COc1cc(F)c(CN2C(=O)N(c3ccc(O)c(OC)n3)S(=O)(=O)c3cccnc32)c(F)c1. The second-order valence-corrected chi connectivity index (χ2v) is 8.49. The average Bonchev–Trinajstić information content (AvgIpc) is 2.79. The predicted octanol–water partition coefficient (Wildman–Crippen LogP) is 2.81. The molecule has 0 saturated heterocycles. The van der Waals surface area contributed by atoms with Crippen LogP contribution >= 0.6 is 0 Å². The molecule has 0 fully saturated rings. The number of halogens is 2. The van der Waals surface area contributed by atoms with Gasteiger partial charge in [0, 0.05) is 23.9 Å². The molecule has 2 amide bonds. The molecule has 10 nitrogen and oxygen atoms in total. The summed E-state index contributed by atoms with van der Waals surface area (Å²) in [6, 6.07) is 5.40. The first-order valence-corrected chi connectivity index (χ1v) is 10.7. The summed E-state index contributed by atoms with van der Waals surface area (Å²) in [5, 5.41) is 9.78. The highest BCUT2D eigenvalue weighted by Gasteiger charge is 2.44. The molecule has 0 radical (unpaired) electrons. The minimum absolute atomic E-state index is 0.0677. The van der Waals surface area contributed by atoms with Gasteiger partial charge in [-0.05, 0) is 24.3 Å². The van der Waals surface area contributed by atoms with E-state index in [0.29, 0.717) is 4.31 Å². The topological polar surface area (TPSA) is 122 Å². The summed E-state index contributed by atoms with van der Waals surface area (Å²) in [5.74, 6) is -3.48. The van der Waals surface area contributed by atoms with Gasteiger partial charge in [0.25, 0.3) is 15.9 Å². The van der Waals surface area contributed by atoms with Crippen molar-refractivity contribution in [2.24, 2.45) is 0 Å². The number of carbonyl (C=O) groups is 1. The number of ether oxygens (including phenoxy) is 2. The van der Waals surface area contributed by atoms with Crippen LogP contribution in [0, 0.1) is 11.6 Å². The Kier molecular flexibility index (Phi) is 5.49. The van der Waals surface area contributed by atoms with Crippen molar-refractivity contribution >= 4 is 27.7 Å². The first-order chi connectivity index (χ1) is 15.7. The highest BCUT2D eigenvalue weighted by Crippen LogP contribution is 2.38. The summed E-state index contributed by atoms with van der Waals surface area (Å²) in [6.07, 6.45) is 1.24. The smallest absolute Gasteiger partial charge is 0.346 e. The fourth-order valence-electron chi connectivity index (χ4n) is 3.24. The lowest BCUT2D eigenvalue weighted by molar-refractivity contribution is 0.253. The first kappa shape index (κ1) is 22.2. The zero-order valence-electron chi connectivity index (χ0n) is 17.2. The van der Waals surface area contributed by atoms with E-state index in [1.54, 1.807) is 0 Å². The number of pyridine rings is 2. The summed E-state index contributed by atoms with van der Waals surface area (Å²) in [6.45, 7) is -0.675. The maximum absolute atomic E-state index is 14.6. The van der Waals surface area contributed by atoms with Crippen LogP contribution < -0.4 is 18.7 Å². The molecule has 4 rings (SSSR count). The van der Waals surface area contributed by atoms with E-state index in [2.05, 4.69) is 9.97 Å². The Labute approximate surface area is 186 Å². The van der Waals surface area contributed by atoms with Gasteiger partial charge in [-0.15, -0.1) is 0 Å². The van der Waals surface area contributed by atoms with E-state index in [-0.39, 0.29) is 28.1 Å². The van der Waals surface area contributed by atoms with Gasteiger partial charge in [-0.25, -0.2) is 27.0 Å². The lowest BCUT2D eigenvalue weighted by Crippen LogP contribution is -2.51. The van der Waals surface area contributed by atoms with Crippen molar-refractivity contribution in [1.82, 2.24) is 9.97 Å². The summed E-state index contributed by atoms with van der Waals surface area (Å²) < 4.78 is 65.8. The molecule has 3 heterocycles. The van der Waals surface area contributed by atoms with E-state index in [0.717, 1.165) is 29.2 Å². The van der Waals surface area contributed by atoms with Crippen molar-refractivity contribution in [3.8, 4) is 17.4 Å².